The largest absolute Gasteiger partial charge is 0.492 e. The number of halogens is 1. The Balaban J connectivity index is 2.20. The molecule has 0 aliphatic carbocycles. The molecule has 1 atom stereocenters. The smallest absolute Gasteiger partial charge is 0.222 e. The number of ether oxygens (including phenoxy) is 1. The zero-order valence-corrected chi connectivity index (χ0v) is 12.9. The summed E-state index contributed by atoms with van der Waals surface area (Å²) in [4.78, 5) is 13.5. The molecule has 20 heavy (non-hydrogen) atoms. The molecule has 0 saturated heterocycles. The van der Waals surface area contributed by atoms with Gasteiger partial charge < -0.3 is 15.4 Å². The summed E-state index contributed by atoms with van der Waals surface area (Å²) in [5.74, 6) is 0.887. The van der Waals surface area contributed by atoms with E-state index < -0.39 is 0 Å². The van der Waals surface area contributed by atoms with E-state index in [0.717, 1.165) is 18.6 Å². The van der Waals surface area contributed by atoms with Crippen molar-refractivity contribution in [3.63, 3.8) is 0 Å². The molecule has 0 bridgehead atoms. The lowest BCUT2D eigenvalue weighted by Gasteiger charge is -2.17. The van der Waals surface area contributed by atoms with Crippen LogP contribution in [0.4, 0.5) is 0 Å². The second kappa shape index (κ2) is 8.82. The molecule has 2 N–H and O–H groups in total. The van der Waals surface area contributed by atoms with Gasteiger partial charge in [0.1, 0.15) is 12.4 Å². The first-order valence-corrected chi connectivity index (χ1v) is 7.24. The van der Waals surface area contributed by atoms with Crippen LogP contribution in [0.3, 0.4) is 0 Å². The third-order valence-corrected chi connectivity index (χ3v) is 3.24. The number of carbonyl (C=O) groups excluding carboxylic acids is 1. The number of hydrogen-bond donors (Lipinski definition) is 1. The molecular weight excluding hydrogens is 276 g/mol. The van der Waals surface area contributed by atoms with Crippen molar-refractivity contribution < 1.29 is 9.53 Å². The highest BCUT2D eigenvalue weighted by molar-refractivity contribution is 6.30. The van der Waals surface area contributed by atoms with Crippen molar-refractivity contribution in [2.45, 2.75) is 32.2 Å². The van der Waals surface area contributed by atoms with E-state index >= 15 is 0 Å². The molecule has 112 valence electrons. The van der Waals surface area contributed by atoms with Gasteiger partial charge in [-0.05, 0) is 44.0 Å². The van der Waals surface area contributed by atoms with Crippen LogP contribution in [0, 0.1) is 0 Å². The Morgan fingerprint density at radius 3 is 2.65 bits per heavy atom. The van der Waals surface area contributed by atoms with E-state index in [4.69, 9.17) is 22.1 Å². The minimum absolute atomic E-state index is 0.130. The fourth-order valence-corrected chi connectivity index (χ4v) is 1.85. The lowest BCUT2D eigenvalue weighted by Crippen LogP contribution is -2.31. The first-order valence-electron chi connectivity index (χ1n) is 6.87. The molecule has 1 unspecified atom stereocenters. The molecule has 0 spiro atoms. The van der Waals surface area contributed by atoms with Gasteiger partial charge in [0, 0.05) is 24.5 Å². The van der Waals surface area contributed by atoms with Crippen molar-refractivity contribution in [1.29, 1.82) is 0 Å². The number of nitrogens with two attached hydrogens (primary N) is 1. The molecular formula is C15H23ClN2O2. The fraction of sp³-hybridized carbons (Fsp3) is 0.533. The molecule has 4 nitrogen and oxygen atoms in total. The zero-order valence-electron chi connectivity index (χ0n) is 12.1. The van der Waals surface area contributed by atoms with Crippen LogP contribution < -0.4 is 10.5 Å². The minimum Gasteiger partial charge on any atom is -0.492 e. The second-order valence-corrected chi connectivity index (χ2v) is 5.42. The normalized spacial score (nSPS) is 12.0. The Morgan fingerprint density at radius 1 is 1.40 bits per heavy atom. The monoisotopic (exact) mass is 298 g/mol. The zero-order chi connectivity index (χ0) is 15.0. The highest BCUT2D eigenvalue weighted by atomic mass is 35.5. The van der Waals surface area contributed by atoms with Gasteiger partial charge in [0.15, 0.2) is 0 Å². The standard InChI is InChI=1S/C15H23ClN2O2/c1-12(17)4-3-5-15(19)18(2)10-11-20-14-8-6-13(16)7-9-14/h6-9,12H,3-5,10-11,17H2,1-2H3. The molecule has 1 aromatic carbocycles. The number of hydrogen-bond acceptors (Lipinski definition) is 3. The van der Waals surface area contributed by atoms with Gasteiger partial charge >= 0.3 is 0 Å². The van der Waals surface area contributed by atoms with Crippen LogP contribution in [0.1, 0.15) is 26.2 Å². The summed E-state index contributed by atoms with van der Waals surface area (Å²) in [5, 5.41) is 0.679. The summed E-state index contributed by atoms with van der Waals surface area (Å²) in [5.41, 5.74) is 5.66. The van der Waals surface area contributed by atoms with E-state index in [-0.39, 0.29) is 11.9 Å². The van der Waals surface area contributed by atoms with Crippen LogP contribution in [0.15, 0.2) is 24.3 Å². The Kier molecular flexibility index (Phi) is 7.41. The molecule has 0 aromatic heterocycles. The Morgan fingerprint density at radius 2 is 2.05 bits per heavy atom. The van der Waals surface area contributed by atoms with Crippen molar-refractivity contribution in [2.75, 3.05) is 20.2 Å². The van der Waals surface area contributed by atoms with Gasteiger partial charge in [-0.3, -0.25) is 4.79 Å². The molecule has 0 aliphatic rings. The topological polar surface area (TPSA) is 55.6 Å². The number of likely N-dealkylation sites (N-methyl/N-ethyl adjacent to an activating group) is 1. The maximum atomic E-state index is 11.8. The van der Waals surface area contributed by atoms with Crippen molar-refractivity contribution in [2.24, 2.45) is 5.73 Å². The Hall–Kier alpha value is -1.26. The van der Waals surface area contributed by atoms with Crippen LogP contribution in [0.5, 0.6) is 5.75 Å². The van der Waals surface area contributed by atoms with Gasteiger partial charge in [0.25, 0.3) is 0 Å². The molecule has 0 heterocycles. The number of benzene rings is 1. The van der Waals surface area contributed by atoms with Crippen molar-refractivity contribution in [3.8, 4) is 5.75 Å². The summed E-state index contributed by atoms with van der Waals surface area (Å²) in [6, 6.07) is 7.33. The maximum Gasteiger partial charge on any atom is 0.222 e. The van der Waals surface area contributed by atoms with E-state index in [9.17, 15) is 4.79 Å². The van der Waals surface area contributed by atoms with Crippen molar-refractivity contribution >= 4 is 17.5 Å². The SMILES string of the molecule is CC(N)CCCC(=O)N(C)CCOc1ccc(Cl)cc1. The van der Waals surface area contributed by atoms with Crippen molar-refractivity contribution in [3.05, 3.63) is 29.3 Å². The van der Waals surface area contributed by atoms with Crippen LogP contribution in [0.25, 0.3) is 0 Å². The quantitative estimate of drug-likeness (QED) is 0.803. The molecule has 1 aromatic rings. The average molecular weight is 299 g/mol. The van der Waals surface area contributed by atoms with Gasteiger partial charge in [-0.25, -0.2) is 0 Å². The van der Waals surface area contributed by atoms with Gasteiger partial charge in [-0.15, -0.1) is 0 Å². The van der Waals surface area contributed by atoms with E-state index in [1.54, 1.807) is 24.1 Å². The lowest BCUT2D eigenvalue weighted by atomic mass is 10.1. The number of rotatable bonds is 8. The third-order valence-electron chi connectivity index (χ3n) is 2.98. The average Bonchev–Trinajstić information content (AvgIpc) is 2.40. The predicted octanol–water partition coefficient (Wildman–Crippen LogP) is 2.69. The second-order valence-electron chi connectivity index (χ2n) is 4.99. The van der Waals surface area contributed by atoms with Crippen LogP contribution in [0.2, 0.25) is 5.02 Å². The molecule has 0 fully saturated rings. The van der Waals surface area contributed by atoms with Crippen LogP contribution in [-0.2, 0) is 4.79 Å². The van der Waals surface area contributed by atoms with E-state index in [1.807, 2.05) is 19.1 Å². The molecule has 0 aliphatic heterocycles. The van der Waals surface area contributed by atoms with E-state index in [0.29, 0.717) is 24.6 Å². The van der Waals surface area contributed by atoms with Crippen molar-refractivity contribution in [1.82, 2.24) is 4.90 Å². The lowest BCUT2D eigenvalue weighted by molar-refractivity contribution is -0.130. The molecule has 5 heteroatoms. The first-order chi connectivity index (χ1) is 9.49. The third kappa shape index (κ3) is 6.78. The molecule has 1 rings (SSSR count). The molecule has 1 amide bonds. The fourth-order valence-electron chi connectivity index (χ4n) is 1.72. The van der Waals surface area contributed by atoms with Gasteiger partial charge in [-0.1, -0.05) is 11.6 Å². The maximum absolute atomic E-state index is 11.8. The van der Waals surface area contributed by atoms with Gasteiger partial charge in [-0.2, -0.15) is 0 Å². The van der Waals surface area contributed by atoms with E-state index in [2.05, 4.69) is 0 Å². The molecule has 0 saturated carbocycles. The summed E-state index contributed by atoms with van der Waals surface area (Å²) < 4.78 is 5.55. The Labute approximate surface area is 125 Å². The number of amides is 1. The van der Waals surface area contributed by atoms with Gasteiger partial charge in [0.2, 0.25) is 5.91 Å². The first kappa shape index (κ1) is 16.8. The summed E-state index contributed by atoms with van der Waals surface area (Å²) >= 11 is 5.79. The van der Waals surface area contributed by atoms with E-state index in [1.165, 1.54) is 0 Å². The van der Waals surface area contributed by atoms with Gasteiger partial charge in [0.05, 0.1) is 6.54 Å². The van der Waals surface area contributed by atoms with Crippen LogP contribution in [-0.4, -0.2) is 37.0 Å². The Bertz CT molecular complexity index is 407. The highest BCUT2D eigenvalue weighted by Gasteiger charge is 2.08. The van der Waals surface area contributed by atoms with Crippen LogP contribution >= 0.6 is 11.6 Å². The molecule has 0 radical (unpaired) electrons. The number of carbonyl (C=O) groups is 1. The summed E-state index contributed by atoms with van der Waals surface area (Å²) in [6.45, 7) is 2.99. The predicted molar refractivity (Wildman–Crippen MR) is 82.1 cm³/mol. The summed E-state index contributed by atoms with van der Waals surface area (Å²) in [6.07, 6.45) is 2.25. The summed E-state index contributed by atoms with van der Waals surface area (Å²) in [7, 11) is 1.79. The highest BCUT2D eigenvalue weighted by Crippen LogP contribution is 2.15. The number of nitrogens with zero attached hydrogens (tertiary/aromatic N) is 1. The minimum atomic E-state index is 0.130.